The largest absolute Gasteiger partial charge is 0.489 e. The summed E-state index contributed by atoms with van der Waals surface area (Å²) in [6, 6.07) is 4.72. The lowest BCUT2D eigenvalue weighted by Crippen LogP contribution is -2.30. The number of thiophene rings is 1. The first kappa shape index (κ1) is 18.5. The molecule has 1 saturated carbocycles. The van der Waals surface area contributed by atoms with Crippen LogP contribution in [0.1, 0.15) is 41.7 Å². The number of esters is 1. The molecule has 0 unspecified atom stereocenters. The van der Waals surface area contributed by atoms with Crippen LogP contribution in [0.2, 0.25) is 0 Å². The van der Waals surface area contributed by atoms with E-state index in [-0.39, 0.29) is 18.0 Å². The lowest BCUT2D eigenvalue weighted by atomic mass is 9.87. The molecule has 0 bridgehead atoms. The van der Waals surface area contributed by atoms with Crippen LogP contribution in [0, 0.1) is 18.0 Å². The summed E-state index contributed by atoms with van der Waals surface area (Å²) in [6.45, 7) is 1.81. The molecule has 5 nitrogen and oxygen atoms in total. The molecular weight excluding hydrogens is 357 g/mol. The topological polar surface area (TPSA) is 65.5 Å². The number of carbonyl (C=O) groups excluding carboxylic acids is 2. The van der Waals surface area contributed by atoms with Crippen molar-refractivity contribution < 1.29 is 23.5 Å². The van der Waals surface area contributed by atoms with Gasteiger partial charge in [-0.2, -0.15) is 4.39 Å². The van der Waals surface area contributed by atoms with Gasteiger partial charge in [-0.3, -0.25) is 9.59 Å². The molecule has 2 atom stereocenters. The second-order valence-corrected chi connectivity index (χ2v) is 7.36. The number of methoxy groups -OCH3 is 1. The number of nitrogens with zero attached hydrogens (tertiary/aromatic N) is 1. The molecule has 2 aromatic heterocycles. The fraction of sp³-hybridized carbons (Fsp3) is 0.421. The summed E-state index contributed by atoms with van der Waals surface area (Å²) in [5.74, 6) is 0.314. The molecule has 0 radical (unpaired) electrons. The van der Waals surface area contributed by atoms with E-state index >= 15 is 0 Å². The van der Waals surface area contributed by atoms with Gasteiger partial charge < -0.3 is 9.47 Å². The van der Waals surface area contributed by atoms with Gasteiger partial charge >= 0.3 is 5.97 Å². The van der Waals surface area contributed by atoms with Gasteiger partial charge in [0.1, 0.15) is 5.75 Å². The number of pyridine rings is 1. The number of hydrogen-bond donors (Lipinski definition) is 0. The lowest BCUT2D eigenvalue weighted by Gasteiger charge is -2.28. The number of aromatic nitrogens is 1. The van der Waals surface area contributed by atoms with E-state index in [2.05, 4.69) is 4.98 Å². The van der Waals surface area contributed by atoms with Crippen molar-refractivity contribution in [2.75, 3.05) is 7.11 Å². The zero-order chi connectivity index (χ0) is 18.7. The van der Waals surface area contributed by atoms with Crippen LogP contribution in [0.5, 0.6) is 5.75 Å². The Labute approximate surface area is 155 Å². The van der Waals surface area contributed by atoms with Crippen molar-refractivity contribution >= 4 is 23.6 Å². The van der Waals surface area contributed by atoms with Gasteiger partial charge in [-0.25, -0.2) is 4.98 Å². The third-order valence-corrected chi connectivity index (χ3v) is 5.54. The number of aryl methyl sites for hydroxylation is 1. The molecule has 7 heteroatoms. The monoisotopic (exact) mass is 377 g/mol. The van der Waals surface area contributed by atoms with Crippen molar-refractivity contribution in [2.24, 2.45) is 5.92 Å². The van der Waals surface area contributed by atoms with Crippen LogP contribution in [-0.4, -0.2) is 30.5 Å². The first-order valence-corrected chi connectivity index (χ1v) is 9.30. The fourth-order valence-electron chi connectivity index (χ4n) is 3.27. The van der Waals surface area contributed by atoms with Gasteiger partial charge in [0.05, 0.1) is 35.4 Å². The van der Waals surface area contributed by atoms with E-state index in [9.17, 15) is 14.0 Å². The predicted molar refractivity (Wildman–Crippen MR) is 96.0 cm³/mol. The smallest absolute Gasteiger partial charge is 0.308 e. The van der Waals surface area contributed by atoms with Crippen LogP contribution in [0.15, 0.2) is 18.2 Å². The zero-order valence-corrected chi connectivity index (χ0v) is 15.5. The highest BCUT2D eigenvalue weighted by Gasteiger charge is 2.29. The van der Waals surface area contributed by atoms with Crippen molar-refractivity contribution in [1.29, 1.82) is 0 Å². The average molecular weight is 377 g/mol. The summed E-state index contributed by atoms with van der Waals surface area (Å²) in [4.78, 5) is 27.8. The van der Waals surface area contributed by atoms with Crippen molar-refractivity contribution in [2.45, 2.75) is 38.7 Å². The Hall–Kier alpha value is -2.28. The average Bonchev–Trinajstić information content (AvgIpc) is 3.04. The zero-order valence-electron chi connectivity index (χ0n) is 14.7. The van der Waals surface area contributed by atoms with Crippen molar-refractivity contribution in [3.05, 3.63) is 34.6 Å². The van der Waals surface area contributed by atoms with Gasteiger partial charge in [0.15, 0.2) is 11.4 Å². The minimum Gasteiger partial charge on any atom is -0.489 e. The highest BCUT2D eigenvalue weighted by molar-refractivity contribution is 7.14. The van der Waals surface area contributed by atoms with E-state index in [1.54, 1.807) is 12.1 Å². The van der Waals surface area contributed by atoms with Gasteiger partial charge in [-0.05, 0) is 50.8 Å². The summed E-state index contributed by atoms with van der Waals surface area (Å²) in [6.07, 6.45) is 3.79. The molecular formula is C19H20FNO4S. The van der Waals surface area contributed by atoms with E-state index in [1.807, 2.05) is 6.92 Å². The SMILES string of the molecule is COC(=O)[C@H]1CCC[C@H](Oc2ccc(-c3sc(F)cc3C=O)nc2C)C1. The van der Waals surface area contributed by atoms with Gasteiger partial charge in [-0.15, -0.1) is 11.3 Å². The maximum absolute atomic E-state index is 13.4. The molecule has 0 saturated heterocycles. The van der Waals surface area contributed by atoms with Crippen LogP contribution in [0.25, 0.3) is 10.6 Å². The third-order valence-electron chi connectivity index (χ3n) is 4.58. The minimum atomic E-state index is -0.419. The molecule has 1 fully saturated rings. The highest BCUT2D eigenvalue weighted by Crippen LogP contribution is 2.33. The molecule has 3 rings (SSSR count). The van der Waals surface area contributed by atoms with Crippen LogP contribution >= 0.6 is 11.3 Å². The molecule has 0 N–H and O–H groups in total. The maximum atomic E-state index is 13.4. The normalized spacial score (nSPS) is 19.8. The molecule has 2 aromatic rings. The van der Waals surface area contributed by atoms with Crippen molar-refractivity contribution in [3.8, 4) is 16.3 Å². The molecule has 0 amide bonds. The Bertz CT molecular complexity index is 820. The molecule has 0 aliphatic heterocycles. The van der Waals surface area contributed by atoms with Gasteiger partial charge in [0, 0.05) is 5.56 Å². The summed E-state index contributed by atoms with van der Waals surface area (Å²) in [5, 5.41) is -0.419. The van der Waals surface area contributed by atoms with E-state index in [4.69, 9.17) is 9.47 Å². The second-order valence-electron chi connectivity index (χ2n) is 6.36. The molecule has 26 heavy (non-hydrogen) atoms. The Kier molecular flexibility index (Phi) is 5.66. The molecule has 1 aliphatic carbocycles. The lowest BCUT2D eigenvalue weighted by molar-refractivity contribution is -0.147. The first-order chi connectivity index (χ1) is 12.5. The molecule has 1 aliphatic rings. The van der Waals surface area contributed by atoms with Crippen LogP contribution < -0.4 is 4.74 Å². The second kappa shape index (κ2) is 7.95. The summed E-state index contributed by atoms with van der Waals surface area (Å²) in [5.41, 5.74) is 1.50. The number of rotatable bonds is 5. The van der Waals surface area contributed by atoms with Crippen LogP contribution in [-0.2, 0) is 9.53 Å². The highest BCUT2D eigenvalue weighted by atomic mass is 32.1. The number of hydrogen-bond acceptors (Lipinski definition) is 6. The molecule has 138 valence electrons. The predicted octanol–water partition coefficient (Wildman–Crippen LogP) is 4.18. The molecule has 0 aromatic carbocycles. The van der Waals surface area contributed by atoms with Crippen LogP contribution in [0.4, 0.5) is 4.39 Å². The minimum absolute atomic E-state index is 0.0658. The molecule has 2 heterocycles. The summed E-state index contributed by atoms with van der Waals surface area (Å²) in [7, 11) is 1.40. The number of carbonyl (C=O) groups is 2. The van der Waals surface area contributed by atoms with Crippen molar-refractivity contribution in [1.82, 2.24) is 4.98 Å². The molecule has 0 spiro atoms. The summed E-state index contributed by atoms with van der Waals surface area (Å²) < 4.78 is 24.3. The Morgan fingerprint density at radius 2 is 2.19 bits per heavy atom. The third kappa shape index (κ3) is 3.93. The summed E-state index contributed by atoms with van der Waals surface area (Å²) >= 11 is 0.896. The Morgan fingerprint density at radius 3 is 2.88 bits per heavy atom. The maximum Gasteiger partial charge on any atom is 0.308 e. The Morgan fingerprint density at radius 1 is 1.38 bits per heavy atom. The number of ether oxygens (including phenoxy) is 2. The van der Waals surface area contributed by atoms with Crippen molar-refractivity contribution in [3.63, 3.8) is 0 Å². The van der Waals surface area contributed by atoms with E-state index in [0.29, 0.717) is 40.3 Å². The number of halogens is 1. The van der Waals surface area contributed by atoms with Gasteiger partial charge in [0.25, 0.3) is 0 Å². The van der Waals surface area contributed by atoms with Gasteiger partial charge in [-0.1, -0.05) is 0 Å². The van der Waals surface area contributed by atoms with Gasteiger partial charge in [0.2, 0.25) is 0 Å². The van der Waals surface area contributed by atoms with E-state index < -0.39 is 5.13 Å². The number of aldehydes is 1. The quantitative estimate of drug-likeness (QED) is 0.578. The standard InChI is InChI=1S/C19H20FNO4S/c1-11-16(25-14-5-3-4-12(8-14)19(23)24-2)7-6-15(21-11)18-13(10-22)9-17(20)26-18/h6-7,9-10,12,14H,3-5,8H2,1-2H3/t12-,14-/m0/s1. The Balaban J connectivity index is 1.76. The fourth-order valence-corrected chi connectivity index (χ4v) is 4.10. The van der Waals surface area contributed by atoms with E-state index in [0.717, 1.165) is 30.6 Å². The van der Waals surface area contributed by atoms with E-state index in [1.165, 1.54) is 13.2 Å². The first-order valence-electron chi connectivity index (χ1n) is 8.48. The van der Waals surface area contributed by atoms with Crippen LogP contribution in [0.3, 0.4) is 0 Å².